The van der Waals surface area contributed by atoms with Crippen LogP contribution in [0.3, 0.4) is 0 Å². The summed E-state index contributed by atoms with van der Waals surface area (Å²) in [6, 6.07) is 19.8. The maximum absolute atomic E-state index is 12.0. The number of alkyl halides is 1. The van der Waals surface area contributed by atoms with Crippen molar-refractivity contribution in [2.24, 2.45) is 7.05 Å². The van der Waals surface area contributed by atoms with Crippen molar-refractivity contribution in [2.45, 2.75) is 22.7 Å². The summed E-state index contributed by atoms with van der Waals surface area (Å²) >= 11 is 6.02. The molecule has 1 saturated heterocycles. The molecule has 3 aromatic rings. The van der Waals surface area contributed by atoms with Crippen LogP contribution in [0.4, 0.5) is 0 Å². The smallest absolute Gasteiger partial charge is 0.352 e. The number of methoxy groups -OCH3 is 1. The summed E-state index contributed by atoms with van der Waals surface area (Å²) in [5.41, 5.74) is 2.91. The summed E-state index contributed by atoms with van der Waals surface area (Å²) in [6.07, 6.45) is -0.559. The lowest BCUT2D eigenvalue weighted by Crippen LogP contribution is -2.65. The zero-order valence-electron chi connectivity index (χ0n) is 21.6. The molecule has 3 heterocycles. The number of β-lactam (4-membered cyclic amide) rings is 1. The van der Waals surface area contributed by atoms with Gasteiger partial charge in [0.2, 0.25) is 11.1 Å². The molecule has 40 heavy (non-hydrogen) atoms. The van der Waals surface area contributed by atoms with Gasteiger partial charge in [-0.1, -0.05) is 88.4 Å². The Morgan fingerprint density at radius 2 is 1.80 bits per heavy atom. The van der Waals surface area contributed by atoms with Gasteiger partial charge in [-0.15, -0.1) is 16.9 Å². The number of aromatic nitrogens is 4. The van der Waals surface area contributed by atoms with E-state index >= 15 is 0 Å². The van der Waals surface area contributed by atoms with E-state index in [-0.39, 0.29) is 28.9 Å². The predicted octanol–water partition coefficient (Wildman–Crippen LogP) is 2.86. The predicted molar refractivity (Wildman–Crippen MR) is 155 cm³/mol. The number of halogens is 1. The van der Waals surface area contributed by atoms with Crippen LogP contribution in [0.15, 0.2) is 77.1 Å². The Morgan fingerprint density at radius 1 is 1.18 bits per heavy atom. The highest BCUT2D eigenvalue weighted by Crippen LogP contribution is 2.42. The van der Waals surface area contributed by atoms with Crippen molar-refractivity contribution in [1.29, 1.82) is 0 Å². The molecule has 1 fully saturated rings. The Kier molecular flexibility index (Phi) is 10.4. The molecule has 2 aromatic carbocycles. The second-order valence-corrected chi connectivity index (χ2v) is 11.3. The van der Waals surface area contributed by atoms with Crippen LogP contribution in [-0.4, -0.2) is 83.4 Å². The molecule has 1 aromatic heterocycles. The summed E-state index contributed by atoms with van der Waals surface area (Å²) in [5.74, 6) is -0.474. The van der Waals surface area contributed by atoms with Gasteiger partial charge in [0.15, 0.2) is 6.10 Å². The normalized spacial score (nSPS) is 18.0. The van der Waals surface area contributed by atoms with Crippen LogP contribution >= 0.6 is 39.5 Å². The number of ether oxygens (including phenoxy) is 1. The lowest BCUT2D eigenvalue weighted by Gasteiger charge is -2.48. The first kappa shape index (κ1) is 29.8. The molecular weight excluding hydrogens is 620 g/mol. The van der Waals surface area contributed by atoms with Gasteiger partial charge in [-0.3, -0.25) is 14.5 Å². The summed E-state index contributed by atoms with van der Waals surface area (Å²) in [4.78, 5) is 36.5. The second kappa shape index (κ2) is 13.9. The molecular formula is C26H27BrN6O5S2. The number of carboxylic acid groups (broad SMARTS) is 1. The molecule has 0 aliphatic carbocycles. The van der Waals surface area contributed by atoms with Gasteiger partial charge in [-0.05, 0) is 27.1 Å². The van der Waals surface area contributed by atoms with E-state index < -0.39 is 12.1 Å². The van der Waals surface area contributed by atoms with E-state index in [1.165, 1.54) is 40.2 Å². The maximum Gasteiger partial charge on any atom is 0.352 e. The molecule has 5 rings (SSSR count). The van der Waals surface area contributed by atoms with E-state index in [0.29, 0.717) is 27.6 Å². The van der Waals surface area contributed by atoms with Crippen LogP contribution in [0.5, 0.6) is 0 Å². The molecule has 0 saturated carbocycles. The highest BCUT2D eigenvalue weighted by Gasteiger charge is 2.53. The fourth-order valence-corrected chi connectivity index (χ4v) is 6.71. The Bertz CT molecular complexity index is 1330. The summed E-state index contributed by atoms with van der Waals surface area (Å²) < 4.78 is 6.62. The van der Waals surface area contributed by atoms with E-state index in [1.54, 1.807) is 7.05 Å². The number of aryl methyl sites for hydroxylation is 1. The van der Waals surface area contributed by atoms with Crippen LogP contribution in [0.25, 0.3) is 0 Å². The number of nitrogens with one attached hydrogen (secondary N) is 1. The number of tetrazole rings is 1. The maximum atomic E-state index is 12.0. The van der Waals surface area contributed by atoms with Crippen molar-refractivity contribution < 1.29 is 24.2 Å². The van der Waals surface area contributed by atoms with Crippen molar-refractivity contribution in [3.8, 4) is 0 Å². The summed E-state index contributed by atoms with van der Waals surface area (Å²) in [6.45, 7) is 0. The number of amides is 2. The number of thioether (sulfide) groups is 2. The van der Waals surface area contributed by atoms with Crippen molar-refractivity contribution in [3.63, 3.8) is 0 Å². The summed E-state index contributed by atoms with van der Waals surface area (Å²) in [5, 5.41) is 24.2. The Morgan fingerprint density at radius 3 is 2.30 bits per heavy atom. The fraction of sp³-hybridized carbons (Fsp3) is 0.308. The largest absolute Gasteiger partial charge is 0.477 e. The number of benzene rings is 2. The number of hydrogen-bond acceptors (Lipinski definition) is 9. The van der Waals surface area contributed by atoms with Gasteiger partial charge in [0.1, 0.15) is 11.1 Å². The zero-order chi connectivity index (χ0) is 28.6. The van der Waals surface area contributed by atoms with E-state index in [1.807, 2.05) is 60.7 Å². The van der Waals surface area contributed by atoms with Crippen LogP contribution in [0.1, 0.15) is 17.2 Å². The first-order valence-corrected chi connectivity index (χ1v) is 15.2. The molecule has 11 nitrogen and oxygen atoms in total. The van der Waals surface area contributed by atoms with Crippen LogP contribution < -0.4 is 5.32 Å². The van der Waals surface area contributed by atoms with Crippen molar-refractivity contribution in [2.75, 3.05) is 23.9 Å². The molecule has 2 aliphatic heterocycles. The zero-order valence-corrected chi connectivity index (χ0v) is 24.9. The van der Waals surface area contributed by atoms with E-state index in [0.717, 1.165) is 11.1 Å². The second-order valence-electron chi connectivity index (χ2n) is 8.65. The van der Waals surface area contributed by atoms with E-state index in [2.05, 4.69) is 36.8 Å². The standard InChI is InChI=1S/C15H14BrNO.C11H13N5O4S2/c16-11-14(18)17-15(12-7-3-1-4-8-12)13-9-5-2-6-10-13;1-15-11(12-13-14-15)22-4-5-3-21-9-7(20-2)8(17)16(9)6(5)10(18)19/h1-10,15H,11H2,(H,17,18);7,9H,3-4H2,1-2H3,(H,18,19)/t;7-,9+/m.1/s1. The molecule has 0 bridgehead atoms. The number of hydrogen-bond donors (Lipinski definition) is 2. The SMILES string of the molecule is CO[C@@H]1C(=O)N2C(C(=O)O)=C(CSc3nnnn3C)CS[C@@H]12.O=C(CBr)NC(c1ccccc1)c1ccccc1. The molecule has 14 heteroatoms. The molecule has 2 N–H and O–H groups in total. The highest BCUT2D eigenvalue weighted by atomic mass is 79.9. The number of carbonyl (C=O) groups excluding carboxylic acids is 2. The third-order valence-electron chi connectivity index (χ3n) is 6.10. The topological polar surface area (TPSA) is 140 Å². The molecule has 2 atom stereocenters. The van der Waals surface area contributed by atoms with Crippen LogP contribution in [0.2, 0.25) is 0 Å². The Hall–Kier alpha value is -3.20. The highest BCUT2D eigenvalue weighted by molar-refractivity contribution is 9.09. The minimum Gasteiger partial charge on any atom is -0.477 e. The first-order chi connectivity index (χ1) is 19.3. The van der Waals surface area contributed by atoms with Gasteiger partial charge in [0.05, 0.1) is 11.4 Å². The minimum atomic E-state index is -1.10. The number of carbonyl (C=O) groups is 3. The van der Waals surface area contributed by atoms with Crippen molar-refractivity contribution in [3.05, 3.63) is 83.1 Å². The number of fused-ring (bicyclic) bond motifs is 1. The quantitative estimate of drug-likeness (QED) is 0.203. The number of rotatable bonds is 9. The third-order valence-corrected chi connectivity index (χ3v) is 9.03. The summed E-state index contributed by atoms with van der Waals surface area (Å²) in [7, 11) is 3.17. The number of carboxylic acids is 1. The third kappa shape index (κ3) is 6.74. The van der Waals surface area contributed by atoms with Gasteiger partial charge >= 0.3 is 5.97 Å². The lowest BCUT2D eigenvalue weighted by atomic mass is 9.99. The first-order valence-electron chi connectivity index (χ1n) is 12.1. The molecule has 2 aliphatic rings. The van der Waals surface area contributed by atoms with E-state index in [4.69, 9.17) is 4.74 Å². The molecule has 0 radical (unpaired) electrons. The van der Waals surface area contributed by atoms with Gasteiger partial charge < -0.3 is 15.2 Å². The van der Waals surface area contributed by atoms with Crippen LogP contribution in [0, 0.1) is 0 Å². The average molecular weight is 648 g/mol. The van der Waals surface area contributed by atoms with Gasteiger partial charge in [-0.2, -0.15) is 0 Å². The van der Waals surface area contributed by atoms with Gasteiger partial charge in [-0.25, -0.2) is 9.48 Å². The molecule has 210 valence electrons. The average Bonchev–Trinajstić information content (AvgIpc) is 3.39. The minimum absolute atomic E-state index is 0.0206. The number of aliphatic carboxylic acids is 1. The fourth-order valence-electron chi connectivity index (χ4n) is 4.19. The Balaban J connectivity index is 0.000000189. The molecule has 2 amide bonds. The Labute approximate surface area is 247 Å². The molecule has 0 spiro atoms. The monoisotopic (exact) mass is 646 g/mol. The van der Waals surface area contributed by atoms with Gasteiger partial charge in [0.25, 0.3) is 5.91 Å². The van der Waals surface area contributed by atoms with Crippen molar-refractivity contribution >= 4 is 57.2 Å². The number of nitrogens with zero attached hydrogens (tertiary/aromatic N) is 5. The van der Waals surface area contributed by atoms with E-state index in [9.17, 15) is 19.5 Å². The van der Waals surface area contributed by atoms with Crippen LogP contribution in [-0.2, 0) is 26.2 Å². The lowest BCUT2D eigenvalue weighted by molar-refractivity contribution is -0.162. The molecule has 0 unspecified atom stereocenters. The van der Waals surface area contributed by atoms with Crippen molar-refractivity contribution in [1.82, 2.24) is 30.4 Å². The van der Waals surface area contributed by atoms with Gasteiger partial charge in [0, 0.05) is 25.7 Å².